The fraction of sp³-hybridized carbons (Fsp3) is 0.353. The van der Waals surface area contributed by atoms with Gasteiger partial charge in [0.05, 0.1) is 18.3 Å². The number of carboxylic acid groups (broad SMARTS) is 1. The number of amides is 2. The van der Waals surface area contributed by atoms with Crippen LogP contribution in [0.2, 0.25) is 0 Å². The molecule has 1 atom stereocenters. The molecule has 126 valence electrons. The van der Waals surface area contributed by atoms with Crippen molar-refractivity contribution in [3.05, 3.63) is 54.6 Å². The lowest BCUT2D eigenvalue weighted by atomic mass is 9.80. The Kier molecular flexibility index (Phi) is 4.79. The molecule has 0 aliphatic heterocycles. The first-order chi connectivity index (χ1) is 11.6. The third-order valence-corrected chi connectivity index (χ3v) is 4.28. The van der Waals surface area contributed by atoms with Crippen LogP contribution in [0.5, 0.6) is 0 Å². The quantitative estimate of drug-likeness (QED) is 0.753. The minimum atomic E-state index is -0.796. The van der Waals surface area contributed by atoms with E-state index >= 15 is 0 Å². The Morgan fingerprint density at radius 3 is 2.67 bits per heavy atom. The van der Waals surface area contributed by atoms with Crippen LogP contribution in [0.25, 0.3) is 0 Å². The molecule has 1 heterocycles. The van der Waals surface area contributed by atoms with E-state index in [2.05, 4.69) is 15.6 Å². The lowest BCUT2D eigenvalue weighted by molar-refractivity contribution is -0.145. The van der Waals surface area contributed by atoms with Gasteiger partial charge in [-0.15, -0.1) is 0 Å². The molecule has 1 aromatic heterocycles. The monoisotopic (exact) mass is 328 g/mol. The topological polar surface area (TPSA) is 96.3 Å². The highest BCUT2D eigenvalue weighted by molar-refractivity contribution is 5.76. The van der Waals surface area contributed by atoms with E-state index in [1.807, 2.05) is 41.1 Å². The maximum absolute atomic E-state index is 12.2. The maximum atomic E-state index is 12.2. The molecule has 1 aliphatic rings. The molecule has 3 N–H and O–H groups in total. The normalized spacial score (nSPS) is 20.7. The number of imidazole rings is 1. The first-order valence-corrected chi connectivity index (χ1v) is 7.92. The van der Waals surface area contributed by atoms with Gasteiger partial charge in [-0.2, -0.15) is 0 Å². The number of nitrogens with zero attached hydrogens (tertiary/aromatic N) is 2. The van der Waals surface area contributed by atoms with Crippen LogP contribution in [0.4, 0.5) is 4.79 Å². The second-order valence-electron chi connectivity index (χ2n) is 6.04. The predicted molar refractivity (Wildman–Crippen MR) is 87.2 cm³/mol. The summed E-state index contributed by atoms with van der Waals surface area (Å²) < 4.78 is 1.90. The molecule has 1 aliphatic carbocycles. The van der Waals surface area contributed by atoms with E-state index in [-0.39, 0.29) is 24.0 Å². The van der Waals surface area contributed by atoms with Crippen molar-refractivity contribution in [1.29, 1.82) is 0 Å². The zero-order valence-electron chi connectivity index (χ0n) is 13.1. The zero-order chi connectivity index (χ0) is 16.9. The third kappa shape index (κ3) is 3.92. The Morgan fingerprint density at radius 1 is 1.29 bits per heavy atom. The summed E-state index contributed by atoms with van der Waals surface area (Å²) >= 11 is 0. The van der Waals surface area contributed by atoms with Gasteiger partial charge in [-0.05, 0) is 18.4 Å². The molecule has 1 aromatic carbocycles. The number of nitrogens with one attached hydrogen (secondary N) is 2. The maximum Gasteiger partial charge on any atom is 0.315 e. The Morgan fingerprint density at radius 2 is 2.04 bits per heavy atom. The molecule has 1 saturated carbocycles. The molecule has 24 heavy (non-hydrogen) atoms. The highest BCUT2D eigenvalue weighted by Crippen LogP contribution is 2.27. The number of urea groups is 1. The molecular weight excluding hydrogens is 308 g/mol. The van der Waals surface area contributed by atoms with Crippen molar-refractivity contribution in [1.82, 2.24) is 20.2 Å². The SMILES string of the molecule is O=C(NC1CC(C(=O)O)C1)NC(Cn1ccnc1)c1ccccc1. The summed E-state index contributed by atoms with van der Waals surface area (Å²) in [6.07, 6.45) is 6.22. The summed E-state index contributed by atoms with van der Waals surface area (Å²) in [6, 6.07) is 9.16. The van der Waals surface area contributed by atoms with Crippen LogP contribution in [0.15, 0.2) is 49.1 Å². The van der Waals surface area contributed by atoms with Gasteiger partial charge in [-0.3, -0.25) is 4.79 Å². The van der Waals surface area contributed by atoms with Crippen molar-refractivity contribution < 1.29 is 14.7 Å². The number of hydrogen-bond donors (Lipinski definition) is 3. The van der Waals surface area contributed by atoms with Gasteiger partial charge in [0.25, 0.3) is 0 Å². The van der Waals surface area contributed by atoms with Crippen LogP contribution in [-0.2, 0) is 11.3 Å². The lowest BCUT2D eigenvalue weighted by Crippen LogP contribution is -2.50. The van der Waals surface area contributed by atoms with Gasteiger partial charge in [0.2, 0.25) is 0 Å². The van der Waals surface area contributed by atoms with Crippen LogP contribution in [0, 0.1) is 5.92 Å². The van der Waals surface area contributed by atoms with Crippen LogP contribution in [-0.4, -0.2) is 32.7 Å². The smallest absolute Gasteiger partial charge is 0.315 e. The van der Waals surface area contributed by atoms with Gasteiger partial charge in [-0.25, -0.2) is 9.78 Å². The third-order valence-electron chi connectivity index (χ3n) is 4.28. The van der Waals surface area contributed by atoms with Gasteiger partial charge in [0.1, 0.15) is 0 Å². The molecule has 0 spiro atoms. The van der Waals surface area contributed by atoms with Crippen molar-refractivity contribution in [2.75, 3.05) is 0 Å². The van der Waals surface area contributed by atoms with Gasteiger partial charge in [0, 0.05) is 25.0 Å². The van der Waals surface area contributed by atoms with Gasteiger partial charge in [-0.1, -0.05) is 30.3 Å². The van der Waals surface area contributed by atoms with Gasteiger partial charge < -0.3 is 20.3 Å². The van der Waals surface area contributed by atoms with E-state index in [0.717, 1.165) is 5.56 Å². The Bertz CT molecular complexity index is 681. The number of carboxylic acids is 1. The number of rotatable bonds is 6. The lowest BCUT2D eigenvalue weighted by Gasteiger charge is -2.33. The number of aliphatic carboxylic acids is 1. The van der Waals surface area contributed by atoms with Crippen LogP contribution >= 0.6 is 0 Å². The summed E-state index contributed by atoms with van der Waals surface area (Å²) in [7, 11) is 0. The molecule has 7 nitrogen and oxygen atoms in total. The summed E-state index contributed by atoms with van der Waals surface area (Å²) in [5.74, 6) is -1.14. The molecule has 0 bridgehead atoms. The van der Waals surface area contributed by atoms with E-state index in [0.29, 0.717) is 19.4 Å². The summed E-state index contributed by atoms with van der Waals surface area (Å²) in [6.45, 7) is 0.569. The van der Waals surface area contributed by atoms with Crippen molar-refractivity contribution in [3.8, 4) is 0 Å². The summed E-state index contributed by atoms with van der Waals surface area (Å²) in [5.41, 5.74) is 0.998. The molecule has 7 heteroatoms. The number of aromatic nitrogens is 2. The first-order valence-electron chi connectivity index (χ1n) is 7.92. The molecule has 1 unspecified atom stereocenters. The fourth-order valence-electron chi connectivity index (χ4n) is 2.85. The molecule has 0 saturated heterocycles. The van der Waals surface area contributed by atoms with E-state index in [4.69, 9.17) is 5.11 Å². The Labute approximate surface area is 139 Å². The molecule has 1 fully saturated rings. The molecule has 2 amide bonds. The molecule has 3 rings (SSSR count). The summed E-state index contributed by atoms with van der Waals surface area (Å²) in [4.78, 5) is 27.1. The van der Waals surface area contributed by atoms with Gasteiger partial charge in [0.15, 0.2) is 0 Å². The average molecular weight is 328 g/mol. The average Bonchev–Trinajstić information content (AvgIpc) is 3.03. The fourth-order valence-corrected chi connectivity index (χ4v) is 2.85. The summed E-state index contributed by atoms with van der Waals surface area (Å²) in [5, 5.41) is 14.7. The van der Waals surface area contributed by atoms with Gasteiger partial charge >= 0.3 is 12.0 Å². The highest BCUT2D eigenvalue weighted by Gasteiger charge is 2.35. The molecule has 0 radical (unpaired) electrons. The second-order valence-corrected chi connectivity index (χ2v) is 6.04. The largest absolute Gasteiger partial charge is 0.481 e. The van der Waals surface area contributed by atoms with E-state index in [1.165, 1.54) is 0 Å². The zero-order valence-corrected chi connectivity index (χ0v) is 13.1. The van der Waals surface area contributed by atoms with Crippen LogP contribution in [0.1, 0.15) is 24.4 Å². The van der Waals surface area contributed by atoms with E-state index in [1.54, 1.807) is 12.5 Å². The van der Waals surface area contributed by atoms with Crippen LogP contribution < -0.4 is 10.6 Å². The minimum Gasteiger partial charge on any atom is -0.481 e. The molecular formula is C17H20N4O3. The van der Waals surface area contributed by atoms with E-state index in [9.17, 15) is 9.59 Å². The highest BCUT2D eigenvalue weighted by atomic mass is 16.4. The van der Waals surface area contributed by atoms with Crippen molar-refractivity contribution in [2.45, 2.75) is 31.5 Å². The number of benzene rings is 1. The van der Waals surface area contributed by atoms with Crippen molar-refractivity contribution >= 4 is 12.0 Å². The number of carbonyl (C=O) groups is 2. The standard InChI is InChI=1S/C17H20N4O3/c22-16(23)13-8-14(9-13)19-17(24)20-15(10-21-7-6-18-11-21)12-4-2-1-3-5-12/h1-7,11,13-15H,8-10H2,(H,22,23)(H2,19,20,24). The first kappa shape index (κ1) is 16.0. The minimum absolute atomic E-state index is 0.0734. The Balaban J connectivity index is 1.59. The predicted octanol–water partition coefficient (Wildman–Crippen LogP) is 1.79. The number of hydrogen-bond acceptors (Lipinski definition) is 3. The Hall–Kier alpha value is -2.83. The van der Waals surface area contributed by atoms with Crippen molar-refractivity contribution in [2.24, 2.45) is 5.92 Å². The second kappa shape index (κ2) is 7.16. The number of carbonyl (C=O) groups excluding carboxylic acids is 1. The molecule has 2 aromatic rings. The van der Waals surface area contributed by atoms with E-state index < -0.39 is 5.97 Å². The van der Waals surface area contributed by atoms with Crippen LogP contribution in [0.3, 0.4) is 0 Å². The van der Waals surface area contributed by atoms with Crippen molar-refractivity contribution in [3.63, 3.8) is 0 Å².